The molecule has 4 N–H and O–H groups in total. The summed E-state index contributed by atoms with van der Waals surface area (Å²) in [5.74, 6) is 1.36. The van der Waals surface area contributed by atoms with Crippen molar-refractivity contribution in [2.24, 2.45) is 0 Å². The van der Waals surface area contributed by atoms with Crippen LogP contribution in [0.2, 0.25) is 15.1 Å². The fourth-order valence-electron chi connectivity index (χ4n) is 14.1. The number of amides is 3. The van der Waals surface area contributed by atoms with Crippen molar-refractivity contribution >= 4 is 68.5 Å². The number of carbonyl (C=O) groups is 3. The molecule has 0 unspecified atom stereocenters. The monoisotopic (exact) mass is 1380 g/mol. The van der Waals surface area contributed by atoms with Crippen LogP contribution in [0.3, 0.4) is 0 Å². The number of rotatable bonds is 17. The minimum absolute atomic E-state index is 0.00914. The van der Waals surface area contributed by atoms with Crippen LogP contribution in [0.4, 0.5) is 0 Å². The molecule has 0 spiro atoms. The largest absolute Gasteiger partial charge is 0.497 e. The van der Waals surface area contributed by atoms with Gasteiger partial charge in [-0.1, -0.05) is 95.8 Å². The highest BCUT2D eigenvalue weighted by molar-refractivity contribution is 9.10. The molecule has 6 bridgehead atoms. The molecule has 5 aromatic carbocycles. The van der Waals surface area contributed by atoms with Crippen LogP contribution in [0.25, 0.3) is 11.4 Å². The standard InChI is InChI=1S/C26H29ClN4O2.C21H22BrClN2O2.C19H20ClN5O.C5H8N2/c1-3-17-14-28-31(16-17)20-6-10-22(23(27)12-20)26(32)29-24-13-19-7-11-25(24)30(19)15-18-4-8-21(33-2)9-5-18;1-27-16-6-2-13(3-7-16)12-25-15-5-9-20(25)19(11-15)24-21(26)17-8-4-14(22)10-18(17)23;1-2-12-9-22-25(10-12)14-3-5-15(16(20)7-14)19(26)23-17-8-13-4-6-18(17)24(13)11-21;1-2-5-3-6-7-4-5/h4-6,8-10,12,14,16,19,24-25H,3,7,11,13,15H2,1-2H3,(H,29,32);2-4,6-8,10,15,19-20H,5,9,11-12H2,1H3,(H,24,26);3,5,7,9-10,13,17-18H,2,4,6,8H2,1H3,(H,23,26);3-4H,2H2,1H3,(H,6,7)/t19-,24+,25+;15-,19+,20+;13-,17+,18+;/m000./s1. The Balaban J connectivity index is 0.000000136. The molecular formula is C71H79BrCl3N13O5. The van der Waals surface area contributed by atoms with Gasteiger partial charge in [0.05, 0.1) is 88.0 Å². The summed E-state index contributed by atoms with van der Waals surface area (Å²) in [5, 5.41) is 35.3. The summed E-state index contributed by atoms with van der Waals surface area (Å²) in [4.78, 5) is 45.4. The van der Waals surface area contributed by atoms with Crippen molar-refractivity contribution in [3.63, 3.8) is 0 Å². The van der Waals surface area contributed by atoms with Gasteiger partial charge >= 0.3 is 0 Å². The number of ether oxygens (including phenoxy) is 2. The lowest BCUT2D eigenvalue weighted by molar-refractivity contribution is 0.0917. The van der Waals surface area contributed by atoms with Crippen LogP contribution in [-0.4, -0.2) is 131 Å². The fourth-order valence-corrected chi connectivity index (χ4v) is 15.4. The van der Waals surface area contributed by atoms with E-state index in [1.165, 1.54) is 29.5 Å². The summed E-state index contributed by atoms with van der Waals surface area (Å²) in [6.07, 6.45) is 25.9. The minimum Gasteiger partial charge on any atom is -0.497 e. The first-order valence-corrected chi connectivity index (χ1v) is 34.0. The Morgan fingerprint density at radius 2 is 0.968 bits per heavy atom. The van der Waals surface area contributed by atoms with Crippen LogP contribution in [0.1, 0.15) is 137 Å². The molecule has 18 nitrogen and oxygen atoms in total. The van der Waals surface area contributed by atoms with E-state index < -0.39 is 0 Å². The number of nitrogens with one attached hydrogen (secondary N) is 4. The maximum absolute atomic E-state index is 13.1. The van der Waals surface area contributed by atoms with E-state index in [1.807, 2.05) is 84.5 Å². The van der Waals surface area contributed by atoms with E-state index in [2.05, 4.69) is 113 Å². The Morgan fingerprint density at radius 3 is 1.34 bits per heavy atom. The third kappa shape index (κ3) is 15.6. The number of hydrogen-bond donors (Lipinski definition) is 4. The highest BCUT2D eigenvalue weighted by Gasteiger charge is 2.49. The zero-order chi connectivity index (χ0) is 65.3. The lowest BCUT2D eigenvalue weighted by Gasteiger charge is -2.25. The summed E-state index contributed by atoms with van der Waals surface area (Å²) in [6, 6.07) is 35.2. The van der Waals surface area contributed by atoms with E-state index in [0.717, 1.165) is 116 Å². The average molecular weight is 1380 g/mol. The van der Waals surface area contributed by atoms with E-state index >= 15 is 0 Å². The summed E-state index contributed by atoms with van der Waals surface area (Å²) < 4.78 is 14.9. The van der Waals surface area contributed by atoms with Crippen LogP contribution in [0.15, 0.2) is 145 Å². The molecule has 486 valence electrons. The number of nitriles is 1. The molecule has 6 saturated heterocycles. The SMILES string of the molecule is CCc1cn[nH]c1.CCc1cnn(-c2ccc(C(=O)N[C@@H]3C[C@@H]4CC[C@H]3N4C#N)c(Cl)c2)c1.CCc1cnn(-c2ccc(C(=O)N[C@@H]3C[C@@H]4CC[C@H]3N4Cc3ccc(OC)cc3)c(Cl)c2)c1.COc1ccc(CN2[C@H]3CC[C@@H]2[C@H](NC(=O)c2ccc(Br)cc2Cl)C3)cc1. The molecule has 22 heteroatoms. The number of H-pyrrole nitrogens is 1. The van der Waals surface area contributed by atoms with E-state index in [9.17, 15) is 19.6 Å². The van der Waals surface area contributed by atoms with Gasteiger partial charge in [0.1, 0.15) is 11.5 Å². The molecule has 3 aromatic heterocycles. The topological polar surface area (TPSA) is 204 Å². The highest BCUT2D eigenvalue weighted by Crippen LogP contribution is 2.42. The molecular weight excluding hydrogens is 1300 g/mol. The smallest absolute Gasteiger partial charge is 0.253 e. The Morgan fingerprint density at radius 1 is 0.548 bits per heavy atom. The van der Waals surface area contributed by atoms with Gasteiger partial charge in [0.15, 0.2) is 6.19 Å². The number of aromatic nitrogens is 6. The second-order valence-electron chi connectivity index (χ2n) is 24.6. The van der Waals surface area contributed by atoms with Crippen molar-refractivity contribution in [2.45, 2.75) is 165 Å². The second-order valence-corrected chi connectivity index (χ2v) is 26.7. The molecule has 14 rings (SSSR count). The Bertz CT molecular complexity index is 3920. The van der Waals surface area contributed by atoms with Gasteiger partial charge in [-0.15, -0.1) is 0 Å². The van der Waals surface area contributed by atoms with Crippen molar-refractivity contribution in [1.29, 1.82) is 5.26 Å². The molecule has 0 radical (unpaired) electrons. The molecule has 9 heterocycles. The van der Waals surface area contributed by atoms with E-state index in [0.29, 0.717) is 55.9 Å². The molecule has 6 fully saturated rings. The molecule has 0 aliphatic carbocycles. The number of methoxy groups -OCH3 is 2. The van der Waals surface area contributed by atoms with E-state index in [1.54, 1.807) is 60.0 Å². The van der Waals surface area contributed by atoms with Gasteiger partial charge in [0.25, 0.3) is 17.7 Å². The third-order valence-electron chi connectivity index (χ3n) is 19.2. The number of hydrogen-bond acceptors (Lipinski definition) is 12. The maximum Gasteiger partial charge on any atom is 0.253 e. The third-order valence-corrected chi connectivity index (χ3v) is 20.6. The van der Waals surface area contributed by atoms with Crippen LogP contribution in [-0.2, 0) is 32.4 Å². The molecule has 93 heavy (non-hydrogen) atoms. The predicted molar refractivity (Wildman–Crippen MR) is 366 cm³/mol. The quantitative estimate of drug-likeness (QED) is 0.0629. The van der Waals surface area contributed by atoms with Crippen LogP contribution in [0.5, 0.6) is 11.5 Å². The van der Waals surface area contributed by atoms with Gasteiger partial charge in [-0.3, -0.25) is 29.3 Å². The number of aromatic amines is 1. The van der Waals surface area contributed by atoms with Crippen molar-refractivity contribution < 1.29 is 23.9 Å². The van der Waals surface area contributed by atoms with Gasteiger partial charge < -0.3 is 30.3 Å². The van der Waals surface area contributed by atoms with Gasteiger partial charge in [-0.2, -0.15) is 20.6 Å². The minimum atomic E-state index is -0.188. The number of fused-ring (bicyclic) bond motifs is 6. The number of carbonyl (C=O) groups excluding carboxylic acids is 3. The highest BCUT2D eigenvalue weighted by atomic mass is 79.9. The Labute approximate surface area is 567 Å². The summed E-state index contributed by atoms with van der Waals surface area (Å²) >= 11 is 22.5. The van der Waals surface area contributed by atoms with Gasteiger partial charge in [-0.05, 0) is 184 Å². The van der Waals surface area contributed by atoms with E-state index in [4.69, 9.17) is 44.3 Å². The van der Waals surface area contributed by atoms with Crippen molar-refractivity contribution in [3.8, 4) is 29.1 Å². The summed E-state index contributed by atoms with van der Waals surface area (Å²) in [6.45, 7) is 8.07. The zero-order valence-electron chi connectivity index (χ0n) is 53.0. The number of halogens is 4. The second kappa shape index (κ2) is 30.6. The zero-order valence-corrected chi connectivity index (χ0v) is 56.8. The van der Waals surface area contributed by atoms with Crippen molar-refractivity contribution in [2.75, 3.05) is 14.2 Å². The van der Waals surface area contributed by atoms with Gasteiger partial charge in [-0.25, -0.2) is 9.36 Å². The van der Waals surface area contributed by atoms with Crippen molar-refractivity contribution in [1.82, 2.24) is 60.4 Å². The first kappa shape index (κ1) is 66.7. The van der Waals surface area contributed by atoms with Crippen molar-refractivity contribution in [3.05, 3.63) is 204 Å². The Hall–Kier alpha value is -7.70. The Kier molecular flexibility index (Phi) is 21.9. The lowest BCUT2D eigenvalue weighted by Crippen LogP contribution is -2.43. The molecule has 8 aromatic rings. The van der Waals surface area contributed by atoms with Crippen LogP contribution in [0, 0.1) is 11.5 Å². The van der Waals surface area contributed by atoms with Gasteiger partial charge in [0.2, 0.25) is 0 Å². The van der Waals surface area contributed by atoms with Crippen LogP contribution < -0.4 is 25.4 Å². The normalized spacial score (nSPS) is 22.2. The summed E-state index contributed by atoms with van der Waals surface area (Å²) in [5.41, 5.74) is 9.26. The predicted octanol–water partition coefficient (Wildman–Crippen LogP) is 13.2. The first-order valence-electron chi connectivity index (χ1n) is 32.1. The molecule has 6 aliphatic heterocycles. The number of benzene rings is 5. The average Bonchev–Trinajstić information content (AvgIpc) is 1.66. The van der Waals surface area contributed by atoms with Crippen LogP contribution >= 0.6 is 50.7 Å². The molecule has 9 atom stereocenters. The number of nitrogens with zero attached hydrogens (tertiary/aromatic N) is 9. The first-order chi connectivity index (χ1) is 45.1. The fraction of sp³-hybridized carbons (Fsp3) is 0.394. The lowest BCUT2D eigenvalue weighted by atomic mass is 9.95. The molecule has 0 saturated carbocycles. The maximum atomic E-state index is 13.1. The molecule has 6 aliphatic rings. The summed E-state index contributed by atoms with van der Waals surface area (Å²) in [7, 11) is 3.36. The number of aryl methyl sites for hydroxylation is 3. The van der Waals surface area contributed by atoms with E-state index in [-0.39, 0.29) is 47.9 Å². The van der Waals surface area contributed by atoms with Gasteiger partial charge in [0, 0.05) is 78.4 Å². The molecule has 3 amide bonds.